The van der Waals surface area contributed by atoms with Gasteiger partial charge in [-0.05, 0) is 39.8 Å². The third-order valence-electron chi connectivity index (χ3n) is 1.97. The van der Waals surface area contributed by atoms with Gasteiger partial charge in [0.05, 0.1) is 0 Å². The number of carboxylic acids is 1. The maximum atomic E-state index is 11.2. The maximum absolute atomic E-state index is 11.2. The molecule has 0 unspecified atom stereocenters. The molecule has 0 spiro atoms. The molecule has 0 heterocycles. The molecular weight excluding hydrogens is 252 g/mol. The normalized spacial score (nSPS) is 12.3. The van der Waals surface area contributed by atoms with E-state index in [4.69, 9.17) is 14.6 Å². The van der Waals surface area contributed by atoms with E-state index >= 15 is 0 Å². The van der Waals surface area contributed by atoms with Crippen LogP contribution in [0.15, 0.2) is 12.2 Å². The van der Waals surface area contributed by atoms with Gasteiger partial charge in [0, 0.05) is 6.92 Å². The number of carbonyl (C=O) groups excluding carboxylic acids is 2. The van der Waals surface area contributed by atoms with E-state index in [-0.39, 0.29) is 0 Å². The van der Waals surface area contributed by atoms with E-state index in [1.807, 2.05) is 0 Å². The van der Waals surface area contributed by atoms with Gasteiger partial charge >= 0.3 is 17.9 Å². The van der Waals surface area contributed by atoms with Gasteiger partial charge < -0.3 is 14.6 Å². The zero-order valence-corrected chi connectivity index (χ0v) is 11.9. The first-order valence-corrected chi connectivity index (χ1v) is 5.77. The Morgan fingerprint density at radius 1 is 1.00 bits per heavy atom. The first kappa shape index (κ1) is 17.2. The van der Waals surface area contributed by atoms with E-state index in [9.17, 15) is 14.4 Å². The molecule has 108 valence electrons. The Balaban J connectivity index is 4.62. The van der Waals surface area contributed by atoms with Crippen molar-refractivity contribution in [2.45, 2.75) is 52.2 Å². The molecule has 0 bridgehead atoms. The molecule has 0 aromatic rings. The van der Waals surface area contributed by atoms with Gasteiger partial charge in [-0.25, -0.2) is 0 Å². The number of rotatable bonds is 6. The van der Waals surface area contributed by atoms with Crippen LogP contribution in [0.2, 0.25) is 0 Å². The van der Waals surface area contributed by atoms with Crippen molar-refractivity contribution in [3.05, 3.63) is 12.2 Å². The Hall–Kier alpha value is -1.85. The average Bonchev–Trinajstić information content (AvgIpc) is 2.10. The van der Waals surface area contributed by atoms with Gasteiger partial charge in [-0.1, -0.05) is 0 Å². The van der Waals surface area contributed by atoms with E-state index in [1.54, 1.807) is 39.8 Å². The highest BCUT2D eigenvalue weighted by atomic mass is 16.6. The molecule has 0 radical (unpaired) electrons. The molecule has 19 heavy (non-hydrogen) atoms. The number of hydrogen-bond acceptors (Lipinski definition) is 5. The molecule has 0 rings (SSSR count). The molecule has 1 N–H and O–H groups in total. The van der Waals surface area contributed by atoms with Crippen LogP contribution in [-0.4, -0.2) is 34.2 Å². The van der Waals surface area contributed by atoms with Crippen molar-refractivity contribution in [3.63, 3.8) is 0 Å². The van der Waals surface area contributed by atoms with Crippen molar-refractivity contribution in [2.24, 2.45) is 0 Å². The molecule has 0 fully saturated rings. The standard InChI is InChI=1S/C13H20O6/c1-9(14)18-12(2,3)6-7-13(4,5)19-11(17)8-10(15)16/h6-7H,8H2,1-5H3,(H,15,16). The highest BCUT2D eigenvalue weighted by Crippen LogP contribution is 2.18. The van der Waals surface area contributed by atoms with Crippen LogP contribution >= 0.6 is 0 Å². The van der Waals surface area contributed by atoms with Gasteiger partial charge in [0.25, 0.3) is 0 Å². The van der Waals surface area contributed by atoms with Crippen LogP contribution in [0.1, 0.15) is 41.0 Å². The Labute approximate surface area is 112 Å². The van der Waals surface area contributed by atoms with Gasteiger partial charge in [-0.3, -0.25) is 14.4 Å². The SMILES string of the molecule is CC(=O)OC(C)(C)C=CC(C)(C)OC(=O)CC(=O)O. The predicted molar refractivity (Wildman–Crippen MR) is 67.4 cm³/mol. The second-order valence-electron chi connectivity index (χ2n) is 5.18. The summed E-state index contributed by atoms with van der Waals surface area (Å²) in [5, 5.41) is 8.46. The summed E-state index contributed by atoms with van der Waals surface area (Å²) < 4.78 is 10.0. The van der Waals surface area contributed by atoms with Crippen LogP contribution in [0.25, 0.3) is 0 Å². The summed E-state index contributed by atoms with van der Waals surface area (Å²) in [5.74, 6) is -2.49. The van der Waals surface area contributed by atoms with E-state index < -0.39 is 35.5 Å². The Morgan fingerprint density at radius 3 is 1.79 bits per heavy atom. The summed E-state index contributed by atoms with van der Waals surface area (Å²) in [6.45, 7) is 7.87. The minimum atomic E-state index is -1.25. The fraction of sp³-hybridized carbons (Fsp3) is 0.615. The van der Waals surface area contributed by atoms with Crippen LogP contribution in [0, 0.1) is 0 Å². The number of carboxylic acid groups (broad SMARTS) is 1. The Kier molecular flexibility index (Phi) is 5.74. The van der Waals surface area contributed by atoms with Gasteiger partial charge in [0.2, 0.25) is 0 Å². The second-order valence-corrected chi connectivity index (χ2v) is 5.18. The highest BCUT2D eigenvalue weighted by molar-refractivity contribution is 5.90. The molecular formula is C13H20O6. The van der Waals surface area contributed by atoms with Crippen LogP contribution in [0.4, 0.5) is 0 Å². The van der Waals surface area contributed by atoms with Crippen molar-refractivity contribution in [1.29, 1.82) is 0 Å². The second kappa shape index (κ2) is 6.36. The summed E-state index contributed by atoms with van der Waals surface area (Å²) in [6.07, 6.45) is 2.45. The van der Waals surface area contributed by atoms with Crippen LogP contribution in [-0.2, 0) is 23.9 Å². The third-order valence-corrected chi connectivity index (χ3v) is 1.97. The van der Waals surface area contributed by atoms with Crippen LogP contribution < -0.4 is 0 Å². The van der Waals surface area contributed by atoms with Gasteiger partial charge in [-0.2, -0.15) is 0 Å². The smallest absolute Gasteiger partial charge is 0.317 e. The summed E-state index contributed by atoms with van der Waals surface area (Å²) >= 11 is 0. The lowest BCUT2D eigenvalue weighted by atomic mass is 10.0. The minimum Gasteiger partial charge on any atom is -0.481 e. The Bertz CT molecular complexity index is 392. The molecule has 0 saturated carbocycles. The fourth-order valence-corrected chi connectivity index (χ4v) is 1.29. The number of aliphatic carboxylic acids is 1. The Morgan fingerprint density at radius 2 is 1.42 bits per heavy atom. The van der Waals surface area contributed by atoms with Crippen LogP contribution in [0.5, 0.6) is 0 Å². The van der Waals surface area contributed by atoms with Crippen LogP contribution in [0.3, 0.4) is 0 Å². The van der Waals surface area contributed by atoms with E-state index in [0.29, 0.717) is 0 Å². The van der Waals surface area contributed by atoms with Crippen molar-refractivity contribution in [3.8, 4) is 0 Å². The molecule has 6 nitrogen and oxygen atoms in total. The molecule has 6 heteroatoms. The lowest BCUT2D eigenvalue weighted by molar-refractivity contribution is -0.158. The molecule has 0 aromatic heterocycles. The van der Waals surface area contributed by atoms with E-state index in [0.717, 1.165) is 0 Å². The summed E-state index contributed by atoms with van der Waals surface area (Å²) in [6, 6.07) is 0. The van der Waals surface area contributed by atoms with Crippen molar-refractivity contribution >= 4 is 17.9 Å². The molecule has 0 aliphatic carbocycles. The topological polar surface area (TPSA) is 89.9 Å². The molecule has 0 aromatic carbocycles. The molecule has 0 aliphatic rings. The number of ether oxygens (including phenoxy) is 2. The largest absolute Gasteiger partial charge is 0.481 e. The first-order valence-electron chi connectivity index (χ1n) is 5.77. The number of esters is 2. The summed E-state index contributed by atoms with van der Waals surface area (Å²) in [4.78, 5) is 32.5. The lowest BCUT2D eigenvalue weighted by Crippen LogP contribution is -2.29. The van der Waals surface area contributed by atoms with Gasteiger partial charge in [0.15, 0.2) is 0 Å². The molecule has 0 aliphatic heterocycles. The van der Waals surface area contributed by atoms with Crippen molar-refractivity contribution in [2.75, 3.05) is 0 Å². The third kappa shape index (κ3) is 8.82. The number of carbonyl (C=O) groups is 3. The average molecular weight is 272 g/mol. The predicted octanol–water partition coefficient (Wildman–Crippen LogP) is 1.68. The summed E-state index contributed by atoms with van der Waals surface area (Å²) in [5.41, 5.74) is -1.81. The maximum Gasteiger partial charge on any atom is 0.317 e. The first-order chi connectivity index (χ1) is 8.43. The molecule has 0 amide bonds. The quantitative estimate of drug-likeness (QED) is 0.449. The molecule has 0 atom stereocenters. The van der Waals surface area contributed by atoms with E-state index in [2.05, 4.69) is 0 Å². The van der Waals surface area contributed by atoms with Crippen molar-refractivity contribution in [1.82, 2.24) is 0 Å². The van der Waals surface area contributed by atoms with Gasteiger partial charge in [-0.15, -0.1) is 0 Å². The number of hydrogen-bond donors (Lipinski definition) is 1. The fourth-order valence-electron chi connectivity index (χ4n) is 1.29. The molecule has 0 saturated heterocycles. The summed E-state index contributed by atoms with van der Waals surface area (Å²) in [7, 11) is 0. The monoisotopic (exact) mass is 272 g/mol. The highest BCUT2D eigenvalue weighted by Gasteiger charge is 2.24. The van der Waals surface area contributed by atoms with Crippen molar-refractivity contribution < 1.29 is 29.0 Å². The lowest BCUT2D eigenvalue weighted by Gasteiger charge is -2.25. The van der Waals surface area contributed by atoms with E-state index in [1.165, 1.54) is 6.92 Å². The minimum absolute atomic E-state index is 0.421. The van der Waals surface area contributed by atoms with Gasteiger partial charge in [0.1, 0.15) is 17.6 Å². The zero-order valence-electron chi connectivity index (χ0n) is 11.9. The zero-order chi connectivity index (χ0) is 15.3.